The van der Waals surface area contributed by atoms with Crippen LogP contribution in [0.1, 0.15) is 12.7 Å². The van der Waals surface area contributed by atoms with Gasteiger partial charge in [0.1, 0.15) is 5.82 Å². The van der Waals surface area contributed by atoms with Gasteiger partial charge in [0, 0.05) is 18.1 Å². The molecule has 0 saturated heterocycles. The number of ether oxygens (including phenoxy) is 1. The number of hydrogen-bond acceptors (Lipinski definition) is 3. The minimum absolute atomic E-state index is 0.362. The first-order valence-electron chi connectivity index (χ1n) is 5.58. The minimum atomic E-state index is -0.373. The van der Waals surface area contributed by atoms with Crippen LogP contribution in [0.25, 0.3) is 17.1 Å². The van der Waals surface area contributed by atoms with E-state index >= 15 is 0 Å². The van der Waals surface area contributed by atoms with Crippen LogP contribution < -0.4 is 0 Å². The van der Waals surface area contributed by atoms with Gasteiger partial charge in [0.05, 0.1) is 17.6 Å². The molecule has 94 valence electrons. The quantitative estimate of drug-likeness (QED) is 0.632. The molecule has 0 atom stereocenters. The van der Waals surface area contributed by atoms with Crippen LogP contribution in [-0.2, 0) is 16.6 Å². The topological polar surface area (TPSA) is 44.1 Å². The Labute approximate surface area is 110 Å². The maximum Gasteiger partial charge on any atom is 0.330 e. The van der Waals surface area contributed by atoms with E-state index in [0.717, 1.165) is 11.0 Å². The summed E-state index contributed by atoms with van der Waals surface area (Å²) < 4.78 is 6.70. The zero-order chi connectivity index (χ0) is 13.1. The first-order valence-corrected chi connectivity index (χ1v) is 5.96. The molecule has 0 spiro atoms. The van der Waals surface area contributed by atoms with Crippen molar-refractivity contribution in [2.75, 3.05) is 6.61 Å². The van der Waals surface area contributed by atoms with Crippen LogP contribution in [0.3, 0.4) is 0 Å². The number of esters is 1. The van der Waals surface area contributed by atoms with E-state index in [1.807, 2.05) is 23.7 Å². The molecule has 0 radical (unpaired) electrons. The van der Waals surface area contributed by atoms with E-state index in [0.29, 0.717) is 17.5 Å². The number of nitrogens with zero attached hydrogens (tertiary/aromatic N) is 2. The zero-order valence-corrected chi connectivity index (χ0v) is 10.9. The Balaban J connectivity index is 2.34. The lowest BCUT2D eigenvalue weighted by Crippen LogP contribution is -1.99. The Hall–Kier alpha value is -1.81. The average Bonchev–Trinajstić information content (AvgIpc) is 2.63. The number of carbonyl (C=O) groups excluding carboxylic acids is 1. The Kier molecular flexibility index (Phi) is 3.67. The van der Waals surface area contributed by atoms with Crippen LogP contribution in [0.2, 0.25) is 5.02 Å². The van der Waals surface area contributed by atoms with E-state index in [-0.39, 0.29) is 5.97 Å². The molecular weight excluding hydrogens is 252 g/mol. The molecule has 1 aromatic heterocycles. The van der Waals surface area contributed by atoms with Gasteiger partial charge in [-0.3, -0.25) is 0 Å². The van der Waals surface area contributed by atoms with Crippen molar-refractivity contribution < 1.29 is 9.53 Å². The third kappa shape index (κ3) is 2.54. The molecule has 5 heteroatoms. The van der Waals surface area contributed by atoms with Gasteiger partial charge in [-0.25, -0.2) is 9.78 Å². The Morgan fingerprint density at radius 3 is 3.06 bits per heavy atom. The second-order valence-electron chi connectivity index (χ2n) is 3.75. The smallest absolute Gasteiger partial charge is 0.330 e. The first-order chi connectivity index (χ1) is 8.61. The highest BCUT2D eigenvalue weighted by Crippen LogP contribution is 2.20. The van der Waals surface area contributed by atoms with Crippen LogP contribution in [0, 0.1) is 0 Å². The lowest BCUT2D eigenvalue weighted by molar-refractivity contribution is -0.137. The van der Waals surface area contributed by atoms with Crippen molar-refractivity contribution in [3.05, 3.63) is 35.1 Å². The van der Waals surface area contributed by atoms with E-state index in [2.05, 4.69) is 4.98 Å². The van der Waals surface area contributed by atoms with Crippen LogP contribution in [0.15, 0.2) is 24.3 Å². The lowest BCUT2D eigenvalue weighted by atomic mass is 10.3. The molecule has 0 saturated carbocycles. The average molecular weight is 265 g/mol. The van der Waals surface area contributed by atoms with Crippen molar-refractivity contribution >= 4 is 34.7 Å². The van der Waals surface area contributed by atoms with Crippen molar-refractivity contribution in [1.82, 2.24) is 9.55 Å². The van der Waals surface area contributed by atoms with E-state index in [1.165, 1.54) is 6.08 Å². The molecule has 0 unspecified atom stereocenters. The molecule has 0 N–H and O–H groups in total. The third-order valence-electron chi connectivity index (χ3n) is 2.53. The van der Waals surface area contributed by atoms with Crippen molar-refractivity contribution in [2.24, 2.45) is 7.05 Å². The maximum absolute atomic E-state index is 11.2. The largest absolute Gasteiger partial charge is 0.463 e. The van der Waals surface area contributed by atoms with Crippen LogP contribution >= 0.6 is 11.6 Å². The summed E-state index contributed by atoms with van der Waals surface area (Å²) in [7, 11) is 1.88. The predicted octanol–water partition coefficient (Wildman–Crippen LogP) is 2.80. The summed E-state index contributed by atoms with van der Waals surface area (Å²) in [6.07, 6.45) is 3.00. The Bertz CT molecular complexity index is 617. The van der Waals surface area contributed by atoms with E-state index in [1.54, 1.807) is 19.1 Å². The number of imidazole rings is 1. The summed E-state index contributed by atoms with van der Waals surface area (Å²) in [6, 6.07) is 5.50. The second kappa shape index (κ2) is 5.23. The number of hydrogen-bond donors (Lipinski definition) is 0. The number of rotatable bonds is 3. The van der Waals surface area contributed by atoms with Gasteiger partial charge in [-0.1, -0.05) is 11.6 Å². The molecule has 1 aromatic carbocycles. The fraction of sp³-hybridized carbons (Fsp3) is 0.231. The fourth-order valence-electron chi connectivity index (χ4n) is 1.67. The van der Waals surface area contributed by atoms with Gasteiger partial charge < -0.3 is 9.30 Å². The molecule has 2 rings (SSSR count). The molecule has 1 heterocycles. The summed E-state index contributed by atoms with van der Waals surface area (Å²) >= 11 is 5.91. The number of halogens is 1. The van der Waals surface area contributed by atoms with Crippen molar-refractivity contribution in [3.63, 3.8) is 0 Å². The molecule has 0 bridgehead atoms. The van der Waals surface area contributed by atoms with Gasteiger partial charge in [-0.15, -0.1) is 0 Å². The minimum Gasteiger partial charge on any atom is -0.463 e. The summed E-state index contributed by atoms with van der Waals surface area (Å²) in [5.41, 5.74) is 1.76. The molecule has 0 aliphatic heterocycles. The van der Waals surface area contributed by atoms with Gasteiger partial charge in [0.25, 0.3) is 0 Å². The molecule has 0 aliphatic rings. The van der Waals surface area contributed by atoms with E-state index in [4.69, 9.17) is 16.3 Å². The molecule has 0 amide bonds. The van der Waals surface area contributed by atoms with Crippen LogP contribution in [0.5, 0.6) is 0 Å². The normalized spacial score (nSPS) is 11.3. The number of benzene rings is 1. The molecule has 0 fully saturated rings. The summed E-state index contributed by atoms with van der Waals surface area (Å²) in [4.78, 5) is 15.6. The standard InChI is InChI=1S/C13H13ClN2O2/c1-3-18-13(17)7-6-12-15-10-8-9(14)4-5-11(10)16(12)2/h4-8H,3H2,1-2H3. The van der Waals surface area contributed by atoms with Crippen LogP contribution in [0.4, 0.5) is 0 Å². The van der Waals surface area contributed by atoms with Gasteiger partial charge in [-0.2, -0.15) is 0 Å². The molecule has 2 aromatic rings. The fourth-order valence-corrected chi connectivity index (χ4v) is 1.84. The molecule has 18 heavy (non-hydrogen) atoms. The van der Waals surface area contributed by atoms with Crippen molar-refractivity contribution in [3.8, 4) is 0 Å². The molecule has 0 aliphatic carbocycles. The number of fused-ring (bicyclic) bond motifs is 1. The number of carbonyl (C=O) groups is 1. The monoisotopic (exact) mass is 264 g/mol. The molecule has 4 nitrogen and oxygen atoms in total. The zero-order valence-electron chi connectivity index (χ0n) is 10.2. The highest BCUT2D eigenvalue weighted by molar-refractivity contribution is 6.31. The second-order valence-corrected chi connectivity index (χ2v) is 4.18. The van der Waals surface area contributed by atoms with Gasteiger partial charge >= 0.3 is 5.97 Å². The van der Waals surface area contributed by atoms with Crippen molar-refractivity contribution in [1.29, 1.82) is 0 Å². The summed E-state index contributed by atoms with van der Waals surface area (Å²) in [6.45, 7) is 2.13. The lowest BCUT2D eigenvalue weighted by Gasteiger charge is -1.97. The van der Waals surface area contributed by atoms with Gasteiger partial charge in [0.15, 0.2) is 0 Å². The third-order valence-corrected chi connectivity index (χ3v) is 2.77. The summed E-state index contributed by atoms with van der Waals surface area (Å²) in [5, 5.41) is 0.640. The maximum atomic E-state index is 11.2. The first kappa shape index (κ1) is 12.6. The van der Waals surface area contributed by atoms with Gasteiger partial charge in [0.2, 0.25) is 0 Å². The Morgan fingerprint density at radius 1 is 1.56 bits per heavy atom. The van der Waals surface area contributed by atoms with Crippen LogP contribution in [-0.4, -0.2) is 22.1 Å². The van der Waals surface area contributed by atoms with Crippen molar-refractivity contribution in [2.45, 2.75) is 6.92 Å². The highest BCUT2D eigenvalue weighted by atomic mass is 35.5. The van der Waals surface area contributed by atoms with Gasteiger partial charge in [-0.05, 0) is 31.2 Å². The molecular formula is C13H13ClN2O2. The number of aromatic nitrogens is 2. The SMILES string of the molecule is CCOC(=O)C=Cc1nc2cc(Cl)ccc2n1C. The summed E-state index contributed by atoms with van der Waals surface area (Å²) in [5.74, 6) is 0.308. The van der Waals surface area contributed by atoms with E-state index < -0.39 is 0 Å². The predicted molar refractivity (Wildman–Crippen MR) is 71.4 cm³/mol. The highest BCUT2D eigenvalue weighted by Gasteiger charge is 2.06. The van der Waals surface area contributed by atoms with E-state index in [9.17, 15) is 4.79 Å². The Morgan fingerprint density at radius 2 is 2.33 bits per heavy atom. The number of aryl methyl sites for hydroxylation is 1.